The van der Waals surface area contributed by atoms with Crippen LogP contribution in [0, 0.1) is 13.8 Å². The molecule has 0 amide bonds. The maximum Gasteiger partial charge on any atom is 0.136 e. The zero-order valence-corrected chi connectivity index (χ0v) is 13.3. The Balaban J connectivity index is 1.91. The first-order valence-electron chi connectivity index (χ1n) is 7.09. The lowest BCUT2D eigenvalue weighted by Gasteiger charge is -2.12. The predicted molar refractivity (Wildman–Crippen MR) is 87.8 cm³/mol. The number of aryl methyl sites for hydroxylation is 3. The van der Waals surface area contributed by atoms with Gasteiger partial charge in [0, 0.05) is 17.3 Å². The Morgan fingerprint density at radius 2 is 2.00 bits per heavy atom. The molecule has 0 aliphatic rings. The maximum absolute atomic E-state index is 4.51. The minimum absolute atomic E-state index is 0.699. The second-order valence-corrected chi connectivity index (χ2v) is 6.21. The third kappa shape index (κ3) is 2.74. The van der Waals surface area contributed by atoms with Gasteiger partial charge in [-0.1, -0.05) is 18.3 Å². The number of nitrogens with zero attached hydrogens (tertiary/aromatic N) is 3. The lowest BCUT2D eigenvalue weighted by Crippen LogP contribution is -2.01. The fourth-order valence-corrected chi connectivity index (χ4v) is 3.05. The van der Waals surface area contributed by atoms with Crippen LogP contribution in [0.2, 0.25) is 0 Å². The molecule has 3 aromatic rings. The van der Waals surface area contributed by atoms with Gasteiger partial charge in [0.2, 0.25) is 0 Å². The third-order valence-electron chi connectivity index (χ3n) is 3.65. The first-order chi connectivity index (χ1) is 10.2. The number of hydrogen-bond acceptors (Lipinski definition) is 5. The molecule has 3 rings (SSSR count). The van der Waals surface area contributed by atoms with E-state index in [0.717, 1.165) is 33.0 Å². The van der Waals surface area contributed by atoms with E-state index in [1.807, 2.05) is 12.3 Å². The van der Waals surface area contributed by atoms with Gasteiger partial charge in [0.1, 0.15) is 10.0 Å². The molecule has 1 aromatic carbocycles. The minimum Gasteiger partial charge on any atom is -0.378 e. The normalized spacial score (nSPS) is 11.0. The number of anilines is 1. The molecule has 0 bridgehead atoms. The van der Waals surface area contributed by atoms with Gasteiger partial charge in [0.25, 0.3) is 0 Å². The van der Waals surface area contributed by atoms with Crippen molar-refractivity contribution in [1.82, 2.24) is 15.2 Å². The zero-order chi connectivity index (χ0) is 14.8. The highest BCUT2D eigenvalue weighted by molar-refractivity contribution is 7.11. The summed E-state index contributed by atoms with van der Waals surface area (Å²) in [6.07, 6.45) is 2.78. The average Bonchev–Trinajstić information content (AvgIpc) is 2.97. The molecule has 4 nitrogen and oxygen atoms in total. The van der Waals surface area contributed by atoms with Crippen LogP contribution < -0.4 is 5.32 Å². The van der Waals surface area contributed by atoms with E-state index < -0.39 is 0 Å². The predicted octanol–water partition coefficient (Wildman–Crippen LogP) is 3.88. The Labute approximate surface area is 128 Å². The fourth-order valence-electron chi connectivity index (χ4n) is 2.33. The molecular weight excluding hydrogens is 280 g/mol. The molecular formula is C16H18N4S. The number of pyridine rings is 1. The number of nitrogens with one attached hydrogen (secondary N) is 1. The molecule has 0 radical (unpaired) electrons. The Kier molecular flexibility index (Phi) is 3.84. The first-order valence-corrected chi connectivity index (χ1v) is 7.90. The zero-order valence-electron chi connectivity index (χ0n) is 12.5. The SMILES string of the molecule is CCc1nnc(CNc2cc(C)c(C)c3ncccc23)s1. The molecule has 21 heavy (non-hydrogen) atoms. The molecule has 108 valence electrons. The Hall–Kier alpha value is -2.01. The van der Waals surface area contributed by atoms with Crippen LogP contribution in [0.25, 0.3) is 10.9 Å². The van der Waals surface area contributed by atoms with Crippen molar-refractivity contribution in [2.75, 3.05) is 5.32 Å². The van der Waals surface area contributed by atoms with Crippen LogP contribution >= 0.6 is 11.3 Å². The molecule has 0 fully saturated rings. The molecule has 0 aliphatic carbocycles. The smallest absolute Gasteiger partial charge is 0.136 e. The number of rotatable bonds is 4. The summed E-state index contributed by atoms with van der Waals surface area (Å²) in [5, 5.41) is 15.1. The van der Waals surface area contributed by atoms with Crippen molar-refractivity contribution in [2.45, 2.75) is 33.7 Å². The lowest BCUT2D eigenvalue weighted by atomic mass is 10.0. The number of hydrogen-bond donors (Lipinski definition) is 1. The van der Waals surface area contributed by atoms with E-state index in [1.165, 1.54) is 11.1 Å². The molecule has 2 heterocycles. The summed E-state index contributed by atoms with van der Waals surface area (Å²) in [5.74, 6) is 0. The monoisotopic (exact) mass is 298 g/mol. The highest BCUT2D eigenvalue weighted by Crippen LogP contribution is 2.28. The van der Waals surface area contributed by atoms with Crippen molar-refractivity contribution in [1.29, 1.82) is 0 Å². The molecule has 0 aliphatic heterocycles. The van der Waals surface area contributed by atoms with Gasteiger partial charge in [-0.3, -0.25) is 4.98 Å². The molecule has 0 spiro atoms. The maximum atomic E-state index is 4.51. The third-order valence-corrected chi connectivity index (χ3v) is 4.71. The Bertz CT molecular complexity index is 779. The van der Waals surface area contributed by atoms with Crippen molar-refractivity contribution >= 4 is 27.9 Å². The summed E-state index contributed by atoms with van der Waals surface area (Å²) in [6, 6.07) is 6.26. The van der Waals surface area contributed by atoms with Crippen LogP contribution in [0.5, 0.6) is 0 Å². The largest absolute Gasteiger partial charge is 0.378 e. The van der Waals surface area contributed by atoms with E-state index in [0.29, 0.717) is 6.54 Å². The second-order valence-electron chi connectivity index (χ2n) is 5.06. The Morgan fingerprint density at radius 3 is 2.76 bits per heavy atom. The van der Waals surface area contributed by atoms with Gasteiger partial charge >= 0.3 is 0 Å². The van der Waals surface area contributed by atoms with Crippen LogP contribution in [0.1, 0.15) is 28.1 Å². The van der Waals surface area contributed by atoms with Gasteiger partial charge in [-0.25, -0.2) is 0 Å². The molecule has 0 saturated heterocycles. The van der Waals surface area contributed by atoms with Crippen LogP contribution in [-0.4, -0.2) is 15.2 Å². The summed E-state index contributed by atoms with van der Waals surface area (Å²) in [5.41, 5.74) is 4.65. The van der Waals surface area contributed by atoms with Gasteiger partial charge < -0.3 is 5.32 Å². The summed E-state index contributed by atoms with van der Waals surface area (Å²) >= 11 is 1.66. The number of aromatic nitrogens is 3. The van der Waals surface area contributed by atoms with Crippen molar-refractivity contribution in [2.24, 2.45) is 0 Å². The second kappa shape index (κ2) is 5.77. The van der Waals surface area contributed by atoms with E-state index in [-0.39, 0.29) is 0 Å². The summed E-state index contributed by atoms with van der Waals surface area (Å²) in [6.45, 7) is 7.03. The van der Waals surface area contributed by atoms with Gasteiger partial charge in [-0.2, -0.15) is 0 Å². The van der Waals surface area contributed by atoms with E-state index in [4.69, 9.17) is 0 Å². The van der Waals surface area contributed by atoms with E-state index >= 15 is 0 Å². The van der Waals surface area contributed by atoms with Crippen LogP contribution in [0.15, 0.2) is 24.4 Å². The number of fused-ring (bicyclic) bond motifs is 1. The van der Waals surface area contributed by atoms with Gasteiger partial charge in [0.15, 0.2) is 0 Å². The van der Waals surface area contributed by atoms with Crippen molar-refractivity contribution in [3.8, 4) is 0 Å². The summed E-state index contributed by atoms with van der Waals surface area (Å²) in [7, 11) is 0. The van der Waals surface area contributed by atoms with Gasteiger partial charge in [-0.05, 0) is 49.6 Å². The standard InChI is InChI=1S/C16H18N4S/c1-4-14-19-20-15(21-14)9-18-13-8-10(2)11(3)16-12(13)6-5-7-17-16/h5-8,18H,4,9H2,1-3H3. The topological polar surface area (TPSA) is 50.7 Å². The summed E-state index contributed by atoms with van der Waals surface area (Å²) in [4.78, 5) is 4.51. The van der Waals surface area contributed by atoms with Gasteiger partial charge in [-0.15, -0.1) is 10.2 Å². The van der Waals surface area contributed by atoms with Crippen molar-refractivity contribution < 1.29 is 0 Å². The van der Waals surface area contributed by atoms with Crippen LogP contribution in [0.3, 0.4) is 0 Å². The minimum atomic E-state index is 0.699. The molecule has 0 saturated carbocycles. The molecule has 2 aromatic heterocycles. The first kappa shape index (κ1) is 13.9. The molecule has 0 unspecified atom stereocenters. The van der Waals surface area contributed by atoms with E-state index in [9.17, 15) is 0 Å². The quantitative estimate of drug-likeness (QED) is 0.794. The molecule has 5 heteroatoms. The highest BCUT2D eigenvalue weighted by Gasteiger charge is 2.08. The van der Waals surface area contributed by atoms with Crippen molar-refractivity contribution in [3.05, 3.63) is 45.5 Å². The lowest BCUT2D eigenvalue weighted by molar-refractivity contribution is 0.940. The van der Waals surface area contributed by atoms with Crippen LogP contribution in [0.4, 0.5) is 5.69 Å². The Morgan fingerprint density at radius 1 is 1.19 bits per heavy atom. The summed E-state index contributed by atoms with van der Waals surface area (Å²) < 4.78 is 0. The number of benzene rings is 1. The average molecular weight is 298 g/mol. The van der Waals surface area contributed by atoms with E-state index in [1.54, 1.807) is 11.3 Å². The van der Waals surface area contributed by atoms with Gasteiger partial charge in [0.05, 0.1) is 12.1 Å². The highest BCUT2D eigenvalue weighted by atomic mass is 32.1. The molecule has 1 N–H and O–H groups in total. The van der Waals surface area contributed by atoms with Crippen molar-refractivity contribution in [3.63, 3.8) is 0 Å². The van der Waals surface area contributed by atoms with Crippen LogP contribution in [-0.2, 0) is 13.0 Å². The molecule has 0 atom stereocenters. The fraction of sp³-hybridized carbons (Fsp3) is 0.312. The van der Waals surface area contributed by atoms with E-state index in [2.05, 4.69) is 53.4 Å².